The molecular formula is C28H34N8O3. The van der Waals surface area contributed by atoms with Gasteiger partial charge < -0.3 is 23.9 Å². The molecule has 1 aliphatic rings. The predicted molar refractivity (Wildman–Crippen MR) is 147 cm³/mol. The summed E-state index contributed by atoms with van der Waals surface area (Å²) in [6, 6.07) is 8.11. The van der Waals surface area contributed by atoms with Crippen LogP contribution in [-0.4, -0.2) is 74.7 Å². The van der Waals surface area contributed by atoms with E-state index in [2.05, 4.69) is 54.8 Å². The van der Waals surface area contributed by atoms with Gasteiger partial charge in [0, 0.05) is 43.1 Å². The molecule has 1 aliphatic carbocycles. The Morgan fingerprint density at radius 1 is 1.08 bits per heavy atom. The second kappa shape index (κ2) is 11.9. The molecule has 0 saturated heterocycles. The molecule has 2 N–H and O–H groups in total. The maximum atomic E-state index is 5.93. The molecule has 1 saturated carbocycles. The molecule has 204 valence electrons. The lowest BCUT2D eigenvalue weighted by Gasteiger charge is -2.25. The predicted octanol–water partition coefficient (Wildman–Crippen LogP) is 3.45. The Morgan fingerprint density at radius 2 is 2.00 bits per heavy atom. The Hall–Kier alpha value is -3.80. The van der Waals surface area contributed by atoms with E-state index >= 15 is 0 Å². The largest absolute Gasteiger partial charge is 0.491 e. The summed E-state index contributed by atoms with van der Waals surface area (Å²) in [5.41, 5.74) is 5.61. The fraction of sp³-hybridized carbons (Fsp3) is 0.429. The molecule has 6 rings (SSSR count). The van der Waals surface area contributed by atoms with Crippen LogP contribution in [0.25, 0.3) is 27.8 Å². The third-order valence-corrected chi connectivity index (χ3v) is 7.15. The summed E-state index contributed by atoms with van der Waals surface area (Å²) in [7, 11) is 1.65. The van der Waals surface area contributed by atoms with E-state index in [-0.39, 0.29) is 0 Å². The first-order chi connectivity index (χ1) is 19.2. The van der Waals surface area contributed by atoms with Crippen LogP contribution in [0.2, 0.25) is 0 Å². The zero-order chi connectivity index (χ0) is 26.4. The molecule has 1 fully saturated rings. The summed E-state index contributed by atoms with van der Waals surface area (Å²) < 4.78 is 20.3. The van der Waals surface area contributed by atoms with Crippen molar-refractivity contribution in [2.75, 3.05) is 40.1 Å². The molecule has 0 atom stereocenters. The van der Waals surface area contributed by atoms with Crippen molar-refractivity contribution in [1.29, 1.82) is 0 Å². The number of hydrogen-bond donors (Lipinski definition) is 2. The van der Waals surface area contributed by atoms with Crippen molar-refractivity contribution >= 4 is 16.6 Å². The van der Waals surface area contributed by atoms with Gasteiger partial charge >= 0.3 is 0 Å². The monoisotopic (exact) mass is 530 g/mol. The number of rotatable bonds is 14. The molecule has 11 heteroatoms. The first-order valence-corrected chi connectivity index (χ1v) is 13.5. The third-order valence-electron chi connectivity index (χ3n) is 7.15. The standard InChI is InChI=1S/C28H34N8O3/c1-37-7-8-38-9-10-39-23-11-24(25-15-30-32-26(25)12-23)27-19-36(34-33-27)18-22-17-35-16-21(5-6-28(35)31-22)14-29-13-20-3-2-4-20/h5-6,11-12,15-17,19-20,29H,2-4,7-10,13-14,18H2,1H3,(H,30,32). The molecular weight excluding hydrogens is 496 g/mol. The van der Waals surface area contributed by atoms with Crippen molar-refractivity contribution in [3.8, 4) is 17.0 Å². The van der Waals surface area contributed by atoms with Crippen LogP contribution in [0.4, 0.5) is 0 Å². The fourth-order valence-corrected chi connectivity index (χ4v) is 4.84. The van der Waals surface area contributed by atoms with E-state index in [4.69, 9.17) is 19.2 Å². The number of pyridine rings is 1. The van der Waals surface area contributed by atoms with E-state index in [0.717, 1.165) is 52.5 Å². The second-order valence-corrected chi connectivity index (χ2v) is 10.0. The van der Waals surface area contributed by atoms with E-state index in [1.807, 2.05) is 18.3 Å². The first-order valence-electron chi connectivity index (χ1n) is 13.5. The Kier molecular flexibility index (Phi) is 7.80. The van der Waals surface area contributed by atoms with Gasteiger partial charge in [0.1, 0.15) is 23.7 Å². The maximum Gasteiger partial charge on any atom is 0.137 e. The van der Waals surface area contributed by atoms with Gasteiger partial charge in [-0.25, -0.2) is 9.67 Å². The minimum Gasteiger partial charge on any atom is -0.491 e. The smallest absolute Gasteiger partial charge is 0.137 e. The van der Waals surface area contributed by atoms with Crippen LogP contribution in [0.15, 0.2) is 49.1 Å². The number of nitrogens with one attached hydrogen (secondary N) is 2. The van der Waals surface area contributed by atoms with Gasteiger partial charge in [-0.2, -0.15) is 5.10 Å². The van der Waals surface area contributed by atoms with Gasteiger partial charge in [0.25, 0.3) is 0 Å². The lowest BCUT2D eigenvalue weighted by Crippen LogP contribution is -2.26. The van der Waals surface area contributed by atoms with E-state index in [1.54, 1.807) is 18.0 Å². The van der Waals surface area contributed by atoms with Crippen LogP contribution in [0, 0.1) is 5.92 Å². The quantitative estimate of drug-likeness (QED) is 0.210. The molecule has 11 nitrogen and oxygen atoms in total. The zero-order valence-electron chi connectivity index (χ0n) is 22.2. The van der Waals surface area contributed by atoms with Crippen molar-refractivity contribution in [3.63, 3.8) is 0 Å². The zero-order valence-corrected chi connectivity index (χ0v) is 22.2. The molecule has 5 aromatic rings. The van der Waals surface area contributed by atoms with Gasteiger partial charge in [-0.15, -0.1) is 5.10 Å². The summed E-state index contributed by atoms with van der Waals surface area (Å²) >= 11 is 0. The average Bonchev–Trinajstić information content (AvgIpc) is 3.66. The minimum absolute atomic E-state index is 0.432. The molecule has 0 bridgehead atoms. The number of H-pyrrole nitrogens is 1. The molecule has 4 heterocycles. The summed E-state index contributed by atoms with van der Waals surface area (Å²) in [5, 5.41) is 20.6. The normalized spacial score (nSPS) is 13.9. The van der Waals surface area contributed by atoms with Gasteiger partial charge in [-0.3, -0.25) is 5.10 Å². The van der Waals surface area contributed by atoms with Crippen molar-refractivity contribution in [2.45, 2.75) is 32.4 Å². The van der Waals surface area contributed by atoms with E-state index < -0.39 is 0 Å². The Labute approximate surface area is 226 Å². The number of aromatic nitrogens is 7. The Bertz CT molecular complexity index is 1520. The molecule has 1 aromatic carbocycles. The Morgan fingerprint density at radius 3 is 2.87 bits per heavy atom. The number of fused-ring (bicyclic) bond motifs is 2. The number of methoxy groups -OCH3 is 1. The second-order valence-electron chi connectivity index (χ2n) is 10.0. The number of nitrogens with zero attached hydrogens (tertiary/aromatic N) is 6. The highest BCUT2D eigenvalue weighted by molar-refractivity contribution is 5.94. The van der Waals surface area contributed by atoms with E-state index in [1.165, 1.54) is 24.8 Å². The van der Waals surface area contributed by atoms with Crippen LogP contribution >= 0.6 is 0 Å². The summed E-state index contributed by atoms with van der Waals surface area (Å²) in [6.07, 6.45) is 12.0. The van der Waals surface area contributed by atoms with E-state index in [9.17, 15) is 0 Å². The maximum absolute atomic E-state index is 5.93. The number of imidazole rings is 1. The number of aromatic amines is 1. The molecule has 0 aliphatic heterocycles. The molecule has 0 spiro atoms. The summed E-state index contributed by atoms with van der Waals surface area (Å²) in [6.45, 7) is 4.51. The molecule has 4 aromatic heterocycles. The van der Waals surface area contributed by atoms with Gasteiger partial charge in [0.15, 0.2) is 0 Å². The van der Waals surface area contributed by atoms with Crippen molar-refractivity contribution in [2.24, 2.45) is 5.92 Å². The van der Waals surface area contributed by atoms with Gasteiger partial charge in [0.05, 0.1) is 50.0 Å². The van der Waals surface area contributed by atoms with Gasteiger partial charge in [-0.05, 0) is 43.0 Å². The minimum atomic E-state index is 0.432. The van der Waals surface area contributed by atoms with Crippen LogP contribution in [0.1, 0.15) is 30.5 Å². The van der Waals surface area contributed by atoms with Gasteiger partial charge in [0.2, 0.25) is 0 Å². The van der Waals surface area contributed by atoms with Gasteiger partial charge in [-0.1, -0.05) is 17.7 Å². The topological polar surface area (TPSA) is 116 Å². The van der Waals surface area contributed by atoms with Crippen molar-refractivity contribution < 1.29 is 14.2 Å². The molecule has 0 unspecified atom stereocenters. The highest BCUT2D eigenvalue weighted by Crippen LogP contribution is 2.31. The summed E-state index contributed by atoms with van der Waals surface area (Å²) in [4.78, 5) is 4.78. The number of hydrogen-bond acceptors (Lipinski definition) is 8. The van der Waals surface area contributed by atoms with E-state index in [0.29, 0.717) is 38.7 Å². The van der Waals surface area contributed by atoms with Crippen LogP contribution in [-0.2, 0) is 22.6 Å². The van der Waals surface area contributed by atoms with Crippen molar-refractivity contribution in [3.05, 3.63) is 60.3 Å². The molecule has 39 heavy (non-hydrogen) atoms. The highest BCUT2D eigenvalue weighted by Gasteiger charge is 2.16. The number of ether oxygens (including phenoxy) is 3. The van der Waals surface area contributed by atoms with Crippen molar-refractivity contribution in [1.82, 2.24) is 39.9 Å². The van der Waals surface area contributed by atoms with Crippen LogP contribution in [0.5, 0.6) is 5.75 Å². The Balaban J connectivity index is 1.12. The molecule has 0 radical (unpaired) electrons. The lowest BCUT2D eigenvalue weighted by molar-refractivity contribution is 0.0544. The fourth-order valence-electron chi connectivity index (χ4n) is 4.84. The van der Waals surface area contributed by atoms with Crippen LogP contribution < -0.4 is 10.1 Å². The SMILES string of the molecule is COCCOCCOc1cc(-c2cn(Cc3cn4cc(CNCC5CCC5)ccc4n3)nn2)c2cn[nH]c2c1. The highest BCUT2D eigenvalue weighted by atomic mass is 16.5. The summed E-state index contributed by atoms with van der Waals surface area (Å²) in [5.74, 6) is 1.57. The average molecular weight is 531 g/mol. The molecule has 0 amide bonds. The third kappa shape index (κ3) is 6.11. The number of benzene rings is 1. The van der Waals surface area contributed by atoms with Crippen LogP contribution in [0.3, 0.4) is 0 Å². The lowest BCUT2D eigenvalue weighted by atomic mass is 9.85. The first kappa shape index (κ1) is 25.5.